The molecule has 6 heteroatoms. The molecule has 0 aromatic heterocycles. The van der Waals surface area contributed by atoms with E-state index in [1.165, 1.54) is 7.11 Å². The number of rotatable bonds is 4. The van der Waals surface area contributed by atoms with Gasteiger partial charge in [-0.3, -0.25) is 10.1 Å². The van der Waals surface area contributed by atoms with Gasteiger partial charge >= 0.3 is 5.69 Å². The average molecular weight is 365 g/mol. The molecule has 1 atom stereocenters. The van der Waals surface area contributed by atoms with E-state index in [0.29, 0.717) is 11.7 Å². The van der Waals surface area contributed by atoms with Crippen LogP contribution in [-0.2, 0) is 6.42 Å². The molecule has 1 aromatic carbocycles. The lowest BCUT2D eigenvalue weighted by atomic mass is 10.1. The predicted molar refractivity (Wildman–Crippen MR) is 72.0 cm³/mol. The second-order valence-electron chi connectivity index (χ2n) is 4.13. The second kappa shape index (κ2) is 4.57. The molecule has 0 N–H and O–H groups in total. The summed E-state index contributed by atoms with van der Waals surface area (Å²) in [6.07, 6.45) is 1.86. The van der Waals surface area contributed by atoms with Crippen molar-refractivity contribution >= 4 is 37.5 Å². The van der Waals surface area contributed by atoms with Gasteiger partial charge in [0.25, 0.3) is 0 Å². The Labute approximate surface area is 116 Å². The van der Waals surface area contributed by atoms with Crippen LogP contribution in [0.4, 0.5) is 5.69 Å². The number of hydrogen-bond donors (Lipinski definition) is 0. The maximum absolute atomic E-state index is 10.9. The van der Waals surface area contributed by atoms with Crippen molar-refractivity contribution in [2.24, 2.45) is 5.92 Å². The van der Waals surface area contributed by atoms with E-state index in [1.807, 2.05) is 6.07 Å². The zero-order valence-electron chi connectivity index (χ0n) is 9.15. The van der Waals surface area contributed by atoms with Crippen molar-refractivity contribution in [3.63, 3.8) is 0 Å². The first-order valence-corrected chi connectivity index (χ1v) is 6.72. The number of nitro benzene ring substituents is 1. The zero-order chi connectivity index (χ0) is 12.6. The summed E-state index contributed by atoms with van der Waals surface area (Å²) in [5, 5.41) is 10.9. The summed E-state index contributed by atoms with van der Waals surface area (Å²) in [4.78, 5) is 10.5. The van der Waals surface area contributed by atoms with Crippen molar-refractivity contribution < 1.29 is 9.66 Å². The molecule has 0 heterocycles. The fourth-order valence-electron chi connectivity index (χ4n) is 1.78. The van der Waals surface area contributed by atoms with Gasteiger partial charge in [0.2, 0.25) is 0 Å². The number of halogens is 2. The van der Waals surface area contributed by atoms with Gasteiger partial charge in [-0.2, -0.15) is 0 Å². The molecule has 4 nitrogen and oxygen atoms in total. The summed E-state index contributed by atoms with van der Waals surface area (Å²) >= 11 is 7.09. The molecule has 2 rings (SSSR count). The monoisotopic (exact) mass is 363 g/mol. The molecular formula is C11H11Br2NO3. The Balaban J connectivity index is 2.19. The van der Waals surface area contributed by atoms with Gasteiger partial charge in [-0.15, -0.1) is 0 Å². The maximum Gasteiger partial charge on any atom is 0.311 e. The molecule has 1 fully saturated rings. The number of benzene rings is 1. The third-order valence-corrected chi connectivity index (χ3v) is 4.82. The number of alkyl halides is 2. The van der Waals surface area contributed by atoms with Crippen LogP contribution in [0.25, 0.3) is 0 Å². The molecule has 0 spiro atoms. The van der Waals surface area contributed by atoms with E-state index in [-0.39, 0.29) is 8.92 Å². The van der Waals surface area contributed by atoms with E-state index in [4.69, 9.17) is 4.74 Å². The Hall–Kier alpha value is -0.620. The van der Waals surface area contributed by atoms with Gasteiger partial charge in [0.1, 0.15) is 0 Å². The summed E-state index contributed by atoms with van der Waals surface area (Å²) in [6, 6.07) is 5.12. The lowest BCUT2D eigenvalue weighted by molar-refractivity contribution is -0.385. The van der Waals surface area contributed by atoms with E-state index >= 15 is 0 Å². The summed E-state index contributed by atoms with van der Waals surface area (Å²) in [6.45, 7) is 0. The van der Waals surface area contributed by atoms with E-state index in [2.05, 4.69) is 31.9 Å². The number of nitro groups is 1. The normalized spacial score (nSPS) is 21.0. The minimum atomic E-state index is -0.412. The van der Waals surface area contributed by atoms with Crippen molar-refractivity contribution in [2.75, 3.05) is 7.11 Å². The topological polar surface area (TPSA) is 52.4 Å². The average Bonchev–Trinajstić information content (AvgIpc) is 2.85. The minimum absolute atomic E-state index is 0.0225. The molecule has 1 unspecified atom stereocenters. The van der Waals surface area contributed by atoms with Gasteiger partial charge in [-0.25, -0.2) is 0 Å². The highest BCUT2D eigenvalue weighted by molar-refractivity contribution is 9.25. The molecule has 0 bridgehead atoms. The van der Waals surface area contributed by atoms with Gasteiger partial charge in [0.15, 0.2) is 5.75 Å². The Kier molecular flexibility index (Phi) is 3.45. The van der Waals surface area contributed by atoms with Gasteiger partial charge in [-0.05, 0) is 30.4 Å². The van der Waals surface area contributed by atoms with Crippen LogP contribution >= 0.6 is 31.9 Å². The fourth-order valence-corrected chi connectivity index (χ4v) is 2.89. The molecule has 1 aliphatic carbocycles. The Morgan fingerprint density at radius 3 is 2.71 bits per heavy atom. The first kappa shape index (κ1) is 12.8. The SMILES string of the molecule is COc1ccc(CC2CC2(Br)Br)cc1[N+](=O)[O-]. The number of hydrogen-bond acceptors (Lipinski definition) is 3. The second-order valence-corrected chi connectivity index (χ2v) is 8.02. The maximum atomic E-state index is 10.9. The van der Waals surface area contributed by atoms with Crippen LogP contribution in [-0.4, -0.2) is 15.3 Å². The highest BCUT2D eigenvalue weighted by Gasteiger charge is 2.49. The molecule has 1 saturated carbocycles. The number of nitrogens with zero attached hydrogens (tertiary/aromatic N) is 1. The molecule has 0 saturated heterocycles. The summed E-state index contributed by atoms with van der Waals surface area (Å²) in [5.74, 6) is 0.786. The molecule has 1 aromatic rings. The third kappa shape index (κ3) is 2.80. The van der Waals surface area contributed by atoms with Crippen molar-refractivity contribution in [2.45, 2.75) is 16.1 Å². The van der Waals surface area contributed by atoms with Gasteiger partial charge < -0.3 is 4.74 Å². The van der Waals surface area contributed by atoms with Gasteiger partial charge in [0.05, 0.1) is 15.3 Å². The number of methoxy groups -OCH3 is 1. The summed E-state index contributed by atoms with van der Waals surface area (Å²) in [7, 11) is 1.44. The Morgan fingerprint density at radius 1 is 1.59 bits per heavy atom. The molecular weight excluding hydrogens is 354 g/mol. The standard InChI is InChI=1S/C11H11Br2NO3/c1-17-10-3-2-7(5-9(10)14(15)16)4-8-6-11(8,12)13/h2-3,5,8H,4,6H2,1H3. The van der Waals surface area contributed by atoms with Crippen molar-refractivity contribution in [3.05, 3.63) is 33.9 Å². The van der Waals surface area contributed by atoms with Crippen LogP contribution in [0.3, 0.4) is 0 Å². The minimum Gasteiger partial charge on any atom is -0.490 e. The largest absolute Gasteiger partial charge is 0.490 e. The summed E-state index contributed by atoms with van der Waals surface area (Å²) in [5.41, 5.74) is 0.990. The van der Waals surface area contributed by atoms with Gasteiger partial charge in [-0.1, -0.05) is 37.9 Å². The van der Waals surface area contributed by atoms with Crippen LogP contribution in [0.2, 0.25) is 0 Å². The molecule has 17 heavy (non-hydrogen) atoms. The van der Waals surface area contributed by atoms with E-state index < -0.39 is 4.92 Å². The van der Waals surface area contributed by atoms with Crippen LogP contribution in [0, 0.1) is 16.0 Å². The lowest BCUT2D eigenvalue weighted by Gasteiger charge is -2.05. The van der Waals surface area contributed by atoms with Crippen LogP contribution < -0.4 is 4.74 Å². The highest BCUT2D eigenvalue weighted by Crippen LogP contribution is 2.57. The fraction of sp³-hybridized carbons (Fsp3) is 0.455. The van der Waals surface area contributed by atoms with Crippen LogP contribution in [0.5, 0.6) is 5.75 Å². The summed E-state index contributed by atoms with van der Waals surface area (Å²) < 4.78 is 4.99. The molecule has 0 aliphatic heterocycles. The van der Waals surface area contributed by atoms with E-state index in [0.717, 1.165) is 18.4 Å². The quantitative estimate of drug-likeness (QED) is 0.465. The highest BCUT2D eigenvalue weighted by atomic mass is 79.9. The van der Waals surface area contributed by atoms with Crippen LogP contribution in [0.15, 0.2) is 18.2 Å². The Bertz CT molecular complexity index is 462. The lowest BCUT2D eigenvalue weighted by Crippen LogP contribution is -1.98. The van der Waals surface area contributed by atoms with Crippen molar-refractivity contribution in [3.8, 4) is 5.75 Å². The van der Waals surface area contributed by atoms with Crippen LogP contribution in [0.1, 0.15) is 12.0 Å². The van der Waals surface area contributed by atoms with Gasteiger partial charge in [0, 0.05) is 6.07 Å². The molecule has 0 amide bonds. The molecule has 0 radical (unpaired) electrons. The third-order valence-electron chi connectivity index (χ3n) is 2.88. The smallest absolute Gasteiger partial charge is 0.311 e. The van der Waals surface area contributed by atoms with E-state index in [1.54, 1.807) is 12.1 Å². The first-order chi connectivity index (χ1) is 7.94. The zero-order valence-corrected chi connectivity index (χ0v) is 12.3. The van der Waals surface area contributed by atoms with Crippen molar-refractivity contribution in [1.82, 2.24) is 0 Å². The first-order valence-electron chi connectivity index (χ1n) is 5.13. The van der Waals surface area contributed by atoms with E-state index in [9.17, 15) is 10.1 Å². The Morgan fingerprint density at radius 2 is 2.24 bits per heavy atom. The predicted octanol–water partition coefficient (Wildman–Crippen LogP) is 3.65. The molecule has 92 valence electrons. The molecule has 1 aliphatic rings. The van der Waals surface area contributed by atoms with Crippen molar-refractivity contribution in [1.29, 1.82) is 0 Å². The number of ether oxygens (including phenoxy) is 1.